The molecule has 2 rings (SSSR count). The number of ether oxygens (including phenoxy) is 1. The van der Waals surface area contributed by atoms with Crippen molar-refractivity contribution >= 4 is 29.1 Å². The molecular formula is C17H14ClF3N2O3. The smallest absolute Gasteiger partial charge is 0.258 e. The van der Waals surface area contributed by atoms with Crippen LogP contribution in [-0.4, -0.2) is 25.0 Å². The number of nitrogens with one attached hydrogen (secondary N) is 2. The monoisotopic (exact) mass is 386 g/mol. The SMILES string of the molecule is Cc1cc(OCC(=O)NCC(=O)Nc2ccc(F)c(F)c2F)ccc1Cl. The van der Waals surface area contributed by atoms with Crippen molar-refractivity contribution in [2.75, 3.05) is 18.5 Å². The van der Waals surface area contributed by atoms with Gasteiger partial charge in [0.25, 0.3) is 5.91 Å². The predicted octanol–water partition coefficient (Wildman–Crippen LogP) is 3.20. The third-order valence-electron chi connectivity index (χ3n) is 3.25. The summed E-state index contributed by atoms with van der Waals surface area (Å²) in [4.78, 5) is 23.3. The summed E-state index contributed by atoms with van der Waals surface area (Å²) >= 11 is 5.87. The Balaban J connectivity index is 1.80. The molecule has 0 aromatic heterocycles. The number of rotatable bonds is 6. The van der Waals surface area contributed by atoms with Crippen LogP contribution >= 0.6 is 11.6 Å². The second-order valence-electron chi connectivity index (χ2n) is 5.25. The molecule has 0 heterocycles. The summed E-state index contributed by atoms with van der Waals surface area (Å²) in [7, 11) is 0. The Morgan fingerprint density at radius 2 is 1.81 bits per heavy atom. The molecule has 9 heteroatoms. The van der Waals surface area contributed by atoms with E-state index >= 15 is 0 Å². The Bertz CT molecular complexity index is 846. The number of benzene rings is 2. The second kappa shape index (κ2) is 8.57. The molecule has 0 saturated heterocycles. The zero-order valence-corrected chi connectivity index (χ0v) is 14.3. The predicted molar refractivity (Wildman–Crippen MR) is 89.6 cm³/mol. The molecule has 2 aromatic rings. The first kappa shape index (κ1) is 19.6. The van der Waals surface area contributed by atoms with E-state index in [2.05, 4.69) is 5.32 Å². The van der Waals surface area contributed by atoms with E-state index in [1.54, 1.807) is 25.1 Å². The van der Waals surface area contributed by atoms with Crippen molar-refractivity contribution in [3.63, 3.8) is 0 Å². The zero-order chi connectivity index (χ0) is 19.3. The first-order chi connectivity index (χ1) is 12.3. The third kappa shape index (κ3) is 5.13. The molecule has 0 spiro atoms. The molecule has 0 atom stereocenters. The highest BCUT2D eigenvalue weighted by atomic mass is 35.5. The van der Waals surface area contributed by atoms with Crippen molar-refractivity contribution in [2.24, 2.45) is 0 Å². The largest absolute Gasteiger partial charge is 0.484 e. The van der Waals surface area contributed by atoms with Gasteiger partial charge in [-0.15, -0.1) is 0 Å². The molecule has 0 aliphatic carbocycles. The lowest BCUT2D eigenvalue weighted by molar-refractivity contribution is -0.125. The lowest BCUT2D eigenvalue weighted by atomic mass is 10.2. The summed E-state index contributed by atoms with van der Waals surface area (Å²) in [5, 5.41) is 4.84. The molecule has 0 fully saturated rings. The second-order valence-corrected chi connectivity index (χ2v) is 5.65. The molecule has 5 nitrogen and oxygen atoms in total. The highest BCUT2D eigenvalue weighted by Crippen LogP contribution is 2.21. The van der Waals surface area contributed by atoms with Gasteiger partial charge >= 0.3 is 0 Å². The highest BCUT2D eigenvalue weighted by molar-refractivity contribution is 6.31. The number of halogens is 4. The average molecular weight is 387 g/mol. The number of anilines is 1. The summed E-state index contributed by atoms with van der Waals surface area (Å²) in [5.41, 5.74) is 0.244. The van der Waals surface area contributed by atoms with Crippen LogP contribution in [0.1, 0.15) is 5.56 Å². The molecule has 2 amide bonds. The number of carbonyl (C=O) groups is 2. The Morgan fingerprint density at radius 3 is 2.50 bits per heavy atom. The standard InChI is InChI=1S/C17H14ClF3N2O3/c1-9-6-10(2-3-11(9)18)26-8-15(25)22-7-14(24)23-13-5-4-12(19)16(20)17(13)21/h2-6H,7-8H2,1H3,(H,22,25)(H,23,24). The van der Waals surface area contributed by atoms with Gasteiger partial charge in [-0.05, 0) is 42.8 Å². The summed E-state index contributed by atoms with van der Waals surface area (Å²) < 4.78 is 44.6. The van der Waals surface area contributed by atoms with Crippen LogP contribution in [-0.2, 0) is 9.59 Å². The van der Waals surface area contributed by atoms with Gasteiger partial charge in [0, 0.05) is 5.02 Å². The minimum absolute atomic E-state index is 0.353. The van der Waals surface area contributed by atoms with Gasteiger partial charge in [0.05, 0.1) is 12.2 Å². The van der Waals surface area contributed by atoms with Crippen LogP contribution in [0.3, 0.4) is 0 Å². The van der Waals surface area contributed by atoms with E-state index in [0.29, 0.717) is 16.8 Å². The molecule has 0 radical (unpaired) electrons. The van der Waals surface area contributed by atoms with Gasteiger partial charge in [0.1, 0.15) is 5.75 Å². The van der Waals surface area contributed by atoms with Crippen LogP contribution in [0.25, 0.3) is 0 Å². The Morgan fingerprint density at radius 1 is 1.08 bits per heavy atom. The minimum atomic E-state index is -1.70. The first-order valence-corrected chi connectivity index (χ1v) is 7.74. The van der Waals surface area contributed by atoms with Crippen molar-refractivity contribution < 1.29 is 27.5 Å². The Hall–Kier alpha value is -2.74. The fraction of sp³-hybridized carbons (Fsp3) is 0.176. The van der Waals surface area contributed by atoms with Crippen molar-refractivity contribution in [1.82, 2.24) is 5.32 Å². The van der Waals surface area contributed by atoms with Crippen LogP contribution in [0.2, 0.25) is 5.02 Å². The van der Waals surface area contributed by atoms with Crippen LogP contribution in [0, 0.1) is 24.4 Å². The summed E-state index contributed by atoms with van der Waals surface area (Å²) in [5.74, 6) is -5.58. The first-order valence-electron chi connectivity index (χ1n) is 7.37. The highest BCUT2D eigenvalue weighted by Gasteiger charge is 2.15. The fourth-order valence-electron chi connectivity index (χ4n) is 1.90. The van der Waals surface area contributed by atoms with Gasteiger partial charge in [-0.25, -0.2) is 13.2 Å². The maximum atomic E-state index is 13.4. The zero-order valence-electron chi connectivity index (χ0n) is 13.5. The molecule has 0 aliphatic heterocycles. The van der Waals surface area contributed by atoms with E-state index in [4.69, 9.17) is 16.3 Å². The Kier molecular flexibility index (Phi) is 6.46. The summed E-state index contributed by atoms with van der Waals surface area (Å²) in [6.07, 6.45) is 0. The topological polar surface area (TPSA) is 67.4 Å². The van der Waals surface area contributed by atoms with E-state index in [1.165, 1.54) is 0 Å². The molecule has 0 aliphatic rings. The maximum absolute atomic E-state index is 13.4. The fourth-order valence-corrected chi connectivity index (χ4v) is 2.02. The summed E-state index contributed by atoms with van der Waals surface area (Å²) in [6, 6.07) is 6.40. The molecule has 0 unspecified atom stereocenters. The van der Waals surface area contributed by atoms with Crippen molar-refractivity contribution in [1.29, 1.82) is 0 Å². The molecule has 2 aromatic carbocycles. The van der Waals surface area contributed by atoms with E-state index in [-0.39, 0.29) is 6.61 Å². The Labute approximate surface area is 152 Å². The van der Waals surface area contributed by atoms with Crippen molar-refractivity contribution in [2.45, 2.75) is 6.92 Å². The van der Waals surface area contributed by atoms with E-state index in [9.17, 15) is 22.8 Å². The van der Waals surface area contributed by atoms with Gasteiger partial charge in [-0.3, -0.25) is 9.59 Å². The minimum Gasteiger partial charge on any atom is -0.484 e. The van der Waals surface area contributed by atoms with Gasteiger partial charge in [0.15, 0.2) is 24.1 Å². The molecular weight excluding hydrogens is 373 g/mol. The van der Waals surface area contributed by atoms with Crippen molar-refractivity contribution in [3.05, 3.63) is 58.4 Å². The van der Waals surface area contributed by atoms with Gasteiger partial charge in [-0.2, -0.15) is 0 Å². The van der Waals surface area contributed by atoms with Crippen LogP contribution in [0.4, 0.5) is 18.9 Å². The van der Waals surface area contributed by atoms with Crippen LogP contribution in [0.5, 0.6) is 5.75 Å². The maximum Gasteiger partial charge on any atom is 0.258 e. The summed E-state index contributed by atoms with van der Waals surface area (Å²) in [6.45, 7) is 0.922. The quantitative estimate of drug-likeness (QED) is 0.749. The van der Waals surface area contributed by atoms with Gasteiger partial charge in [-0.1, -0.05) is 11.6 Å². The molecule has 2 N–H and O–H groups in total. The number of carbonyl (C=O) groups excluding carboxylic acids is 2. The normalized spacial score (nSPS) is 10.3. The van der Waals surface area contributed by atoms with Crippen LogP contribution in [0.15, 0.2) is 30.3 Å². The lowest BCUT2D eigenvalue weighted by Crippen LogP contribution is -2.36. The number of amides is 2. The molecule has 0 saturated carbocycles. The van der Waals surface area contributed by atoms with Crippen molar-refractivity contribution in [3.8, 4) is 5.75 Å². The number of hydrogen-bond donors (Lipinski definition) is 2. The van der Waals surface area contributed by atoms with Gasteiger partial charge in [0.2, 0.25) is 5.91 Å². The molecule has 26 heavy (non-hydrogen) atoms. The lowest BCUT2D eigenvalue weighted by Gasteiger charge is -2.10. The third-order valence-corrected chi connectivity index (χ3v) is 3.68. The number of aryl methyl sites for hydroxylation is 1. The molecule has 0 bridgehead atoms. The van der Waals surface area contributed by atoms with E-state index in [1.807, 2.05) is 5.32 Å². The average Bonchev–Trinajstić information content (AvgIpc) is 2.61. The number of hydrogen-bond acceptors (Lipinski definition) is 3. The van der Waals surface area contributed by atoms with E-state index in [0.717, 1.165) is 11.6 Å². The molecule has 138 valence electrons. The van der Waals surface area contributed by atoms with Gasteiger partial charge < -0.3 is 15.4 Å². The van der Waals surface area contributed by atoms with Crippen LogP contribution < -0.4 is 15.4 Å². The van der Waals surface area contributed by atoms with E-state index < -0.39 is 41.5 Å².